The van der Waals surface area contributed by atoms with Gasteiger partial charge in [0.25, 0.3) is 11.8 Å². The number of methoxy groups -OCH3 is 2. The first-order valence-corrected chi connectivity index (χ1v) is 28.7. The van der Waals surface area contributed by atoms with E-state index in [9.17, 15) is 38.4 Å². The van der Waals surface area contributed by atoms with Gasteiger partial charge in [0.05, 0.1) is 73.6 Å². The number of carbonyl (C=O) groups is 8. The molecular weight excluding hydrogens is 1060 g/mol. The van der Waals surface area contributed by atoms with Gasteiger partial charge in [0.2, 0.25) is 17.7 Å². The lowest BCUT2D eigenvalue weighted by molar-refractivity contribution is -0.139. The molecule has 0 aliphatic carbocycles. The van der Waals surface area contributed by atoms with Gasteiger partial charge in [0.15, 0.2) is 17.3 Å². The van der Waals surface area contributed by atoms with Gasteiger partial charge in [-0.3, -0.25) is 48.4 Å². The molecule has 1 N–H and O–H groups in total. The number of carbonyl (C=O) groups excluding carboxylic acids is 8. The Morgan fingerprint density at radius 3 is 1.84 bits per heavy atom. The minimum atomic E-state index is -0.710. The standard InChI is InChI=1S/C65H72N6O12/c1-38(2)61(68-59(74)12-9-8-10-23-69-60(75)28-41(5)62(69)76)55(73)27-39(3)54(72)22-15-42-13-16-43(17-14-42)46-29-49-35-67-53-33-58(57(80-6)31-51(53)64(78)71(49)36-46)83-25-11-24-82-56-32-52-50(26-40(56)4)63(77)70-37-47(30-48(70)34-66-52)44-18-20-45(21-19-44)65(79)81-7/h13-14,16-21,26,31-39,41,48-49,61H,8-12,15,22-25,27-30H2,1-7H3,(H,68,74)/t39?,41?,48-,49-,61-/m0/s1. The first-order valence-electron chi connectivity index (χ1n) is 28.7. The van der Waals surface area contributed by atoms with E-state index in [0.717, 1.165) is 33.4 Å². The molecule has 18 nitrogen and oxygen atoms in total. The van der Waals surface area contributed by atoms with Gasteiger partial charge in [-0.05, 0) is 89.8 Å². The molecule has 1 saturated heterocycles. The number of likely N-dealkylation sites (tertiary alicyclic amines) is 1. The number of benzene rings is 4. The summed E-state index contributed by atoms with van der Waals surface area (Å²) in [4.78, 5) is 118. The number of nitrogens with one attached hydrogen (secondary N) is 1. The van der Waals surface area contributed by atoms with Crippen molar-refractivity contribution in [1.29, 1.82) is 0 Å². The second-order valence-electron chi connectivity index (χ2n) is 22.4. The van der Waals surface area contributed by atoms with E-state index in [1.165, 1.54) is 19.1 Å². The van der Waals surface area contributed by atoms with Crippen LogP contribution in [0, 0.1) is 24.7 Å². The van der Waals surface area contributed by atoms with Crippen LogP contribution in [0.5, 0.6) is 17.2 Å². The number of unbranched alkanes of at least 4 members (excludes halogenated alkanes) is 2. The third-order valence-electron chi connectivity index (χ3n) is 16.0. The normalized spacial score (nSPS) is 18.6. The van der Waals surface area contributed by atoms with Gasteiger partial charge >= 0.3 is 5.97 Å². The largest absolute Gasteiger partial charge is 0.493 e. The molecule has 5 aliphatic heterocycles. The summed E-state index contributed by atoms with van der Waals surface area (Å²) in [5.74, 6) is -1.04. The van der Waals surface area contributed by atoms with Crippen molar-refractivity contribution in [2.75, 3.05) is 34.0 Å². The lowest BCUT2D eigenvalue weighted by Gasteiger charge is -2.22. The number of fused-ring (bicyclic) bond motifs is 4. The smallest absolute Gasteiger partial charge is 0.337 e. The van der Waals surface area contributed by atoms with Crippen LogP contribution in [0.1, 0.15) is 145 Å². The van der Waals surface area contributed by atoms with Gasteiger partial charge in [0.1, 0.15) is 11.5 Å². The van der Waals surface area contributed by atoms with E-state index in [-0.39, 0.29) is 97.3 Å². The summed E-state index contributed by atoms with van der Waals surface area (Å²) >= 11 is 0. The topological polar surface area (TPSA) is 220 Å². The van der Waals surface area contributed by atoms with E-state index in [1.807, 2.05) is 75.6 Å². The molecular formula is C65H72N6O12. The summed E-state index contributed by atoms with van der Waals surface area (Å²) in [5.41, 5.74) is 7.85. The highest BCUT2D eigenvalue weighted by Crippen LogP contribution is 2.41. The van der Waals surface area contributed by atoms with E-state index in [1.54, 1.807) is 66.4 Å². The van der Waals surface area contributed by atoms with Gasteiger partial charge in [-0.1, -0.05) is 70.5 Å². The summed E-state index contributed by atoms with van der Waals surface area (Å²) < 4.78 is 22.9. The molecule has 434 valence electrons. The van der Waals surface area contributed by atoms with Crippen LogP contribution in [0.2, 0.25) is 0 Å². The predicted molar refractivity (Wildman–Crippen MR) is 313 cm³/mol. The second kappa shape index (κ2) is 26.1. The summed E-state index contributed by atoms with van der Waals surface area (Å²) in [6.07, 6.45) is 12.0. The van der Waals surface area contributed by atoms with Crippen molar-refractivity contribution in [2.24, 2.45) is 27.7 Å². The van der Waals surface area contributed by atoms with E-state index in [4.69, 9.17) is 28.9 Å². The van der Waals surface area contributed by atoms with Gasteiger partial charge in [-0.2, -0.15) is 0 Å². The molecule has 5 heterocycles. The first kappa shape index (κ1) is 59.1. The minimum Gasteiger partial charge on any atom is -0.493 e. The molecule has 0 radical (unpaired) electrons. The van der Waals surface area contributed by atoms with Crippen molar-refractivity contribution in [1.82, 2.24) is 20.0 Å². The highest BCUT2D eigenvalue weighted by atomic mass is 16.5. The number of aliphatic imine (C=N–C) groups is 2. The molecule has 5 amide bonds. The van der Waals surface area contributed by atoms with Crippen molar-refractivity contribution in [2.45, 2.75) is 123 Å². The number of ether oxygens (including phenoxy) is 4. The van der Waals surface area contributed by atoms with Crippen LogP contribution in [0.3, 0.4) is 0 Å². The molecule has 0 saturated carbocycles. The zero-order chi connectivity index (χ0) is 59.1. The van der Waals surface area contributed by atoms with Crippen LogP contribution in [0.4, 0.5) is 11.4 Å². The van der Waals surface area contributed by atoms with Gasteiger partial charge in [-0.25, -0.2) is 4.79 Å². The third kappa shape index (κ3) is 13.5. The number of hydrogen-bond acceptors (Lipinski definition) is 14. The molecule has 1 fully saturated rings. The fourth-order valence-corrected chi connectivity index (χ4v) is 11.1. The maximum atomic E-state index is 14.1. The lowest BCUT2D eigenvalue weighted by Crippen LogP contribution is -2.45. The van der Waals surface area contributed by atoms with Gasteiger partial charge in [0, 0.05) is 100 Å². The quantitative estimate of drug-likeness (QED) is 0.0372. The monoisotopic (exact) mass is 1130 g/mol. The molecule has 0 spiro atoms. The summed E-state index contributed by atoms with van der Waals surface area (Å²) in [7, 11) is 2.87. The molecule has 83 heavy (non-hydrogen) atoms. The number of hydrogen-bond donors (Lipinski definition) is 1. The zero-order valence-corrected chi connectivity index (χ0v) is 48.2. The average Bonchev–Trinajstić information content (AvgIpc) is 3.69. The molecule has 0 aromatic heterocycles. The van der Waals surface area contributed by atoms with Crippen molar-refractivity contribution in [3.63, 3.8) is 0 Å². The van der Waals surface area contributed by atoms with Crippen LogP contribution in [-0.4, -0.2) is 126 Å². The van der Waals surface area contributed by atoms with E-state index < -0.39 is 17.9 Å². The number of esters is 1. The number of ketones is 2. The number of amides is 5. The van der Waals surface area contributed by atoms with Gasteiger partial charge < -0.3 is 34.1 Å². The van der Waals surface area contributed by atoms with Crippen LogP contribution < -0.4 is 19.5 Å². The molecule has 5 aliphatic rings. The van der Waals surface area contributed by atoms with E-state index >= 15 is 0 Å². The number of aryl methyl sites for hydroxylation is 2. The number of Topliss-reactive ketones (excluding diaryl/α,β-unsaturated/α-hetero) is 2. The van der Waals surface area contributed by atoms with E-state index in [2.05, 4.69) is 5.32 Å². The number of imide groups is 1. The fourth-order valence-electron chi connectivity index (χ4n) is 11.1. The number of rotatable bonds is 25. The first-order chi connectivity index (χ1) is 39.9. The lowest BCUT2D eigenvalue weighted by atomic mass is 9.89. The highest BCUT2D eigenvalue weighted by molar-refractivity contribution is 6.07. The van der Waals surface area contributed by atoms with Crippen molar-refractivity contribution in [3.8, 4) is 17.2 Å². The van der Waals surface area contributed by atoms with Gasteiger partial charge in [-0.15, -0.1) is 0 Å². The molecule has 18 heteroatoms. The van der Waals surface area contributed by atoms with Crippen molar-refractivity contribution in [3.05, 3.63) is 124 Å². The van der Waals surface area contributed by atoms with Crippen LogP contribution in [-0.2, 0) is 35.1 Å². The molecule has 2 unspecified atom stereocenters. The molecule has 4 aromatic rings. The molecule has 4 aromatic carbocycles. The predicted octanol–water partition coefficient (Wildman–Crippen LogP) is 9.77. The molecule has 5 atom stereocenters. The Morgan fingerprint density at radius 2 is 1.27 bits per heavy atom. The Bertz CT molecular complexity index is 3320. The Labute approximate surface area is 484 Å². The average molecular weight is 1130 g/mol. The Hall–Kier alpha value is -8.54. The Kier molecular flexibility index (Phi) is 18.6. The van der Waals surface area contributed by atoms with Crippen molar-refractivity contribution < 1.29 is 57.3 Å². The van der Waals surface area contributed by atoms with Crippen LogP contribution in [0.25, 0.3) is 11.1 Å². The Balaban J connectivity index is 0.717. The number of nitrogens with zero attached hydrogens (tertiary/aromatic N) is 5. The SMILES string of the molecule is COC(=O)c1ccc(C2=CN3C(=O)c4cc(C)c(OCCCOc5cc6c(cc5OC)C(=O)N5C=C(c7ccc(CCC(=O)C(C)CC(=O)[C@@H](NC(=O)CCCCCN8C(=O)CC(C)C8=O)C(C)C)cc7)C[C@H]5C=N6)cc4N=C[C@@H]3C2)cc1. The van der Waals surface area contributed by atoms with Crippen molar-refractivity contribution >= 4 is 82.0 Å². The highest BCUT2D eigenvalue weighted by Gasteiger charge is 2.37. The minimum absolute atomic E-state index is 0.0253. The second-order valence-corrected chi connectivity index (χ2v) is 22.4. The van der Waals surface area contributed by atoms with E-state index in [0.29, 0.717) is 103 Å². The fraction of sp³-hybridized carbons (Fsp3) is 0.415. The third-order valence-corrected chi connectivity index (χ3v) is 16.0. The summed E-state index contributed by atoms with van der Waals surface area (Å²) in [5, 5.41) is 2.88. The molecule has 0 bridgehead atoms. The zero-order valence-electron chi connectivity index (χ0n) is 48.2. The van der Waals surface area contributed by atoms with Crippen LogP contribution >= 0.6 is 0 Å². The van der Waals surface area contributed by atoms with Crippen LogP contribution in [0.15, 0.2) is 95.2 Å². The summed E-state index contributed by atoms with van der Waals surface area (Å²) in [6, 6.07) is 20.8. The summed E-state index contributed by atoms with van der Waals surface area (Å²) in [6.45, 7) is 10.1. The Morgan fingerprint density at radius 1 is 0.675 bits per heavy atom. The maximum absolute atomic E-state index is 14.1. The maximum Gasteiger partial charge on any atom is 0.337 e. The molecule has 9 rings (SSSR count).